The van der Waals surface area contributed by atoms with Crippen molar-refractivity contribution >= 4 is 17.7 Å². The quantitative estimate of drug-likeness (QED) is 0.351. The van der Waals surface area contributed by atoms with E-state index in [1.54, 1.807) is 6.92 Å². The number of carbonyl (C=O) groups is 1. The van der Waals surface area contributed by atoms with Crippen molar-refractivity contribution in [3.05, 3.63) is 29.3 Å². The van der Waals surface area contributed by atoms with E-state index in [1.165, 1.54) is 0 Å². The van der Waals surface area contributed by atoms with E-state index < -0.39 is 0 Å². The molecule has 0 radical (unpaired) electrons. The first-order valence-corrected chi connectivity index (χ1v) is 9.47. The third-order valence-corrected chi connectivity index (χ3v) is 4.01. The maximum atomic E-state index is 12.3. The van der Waals surface area contributed by atoms with Gasteiger partial charge in [0, 0.05) is 37.4 Å². The van der Waals surface area contributed by atoms with Crippen LogP contribution in [0.5, 0.6) is 0 Å². The molecular formula is C21H35N3O. The van der Waals surface area contributed by atoms with Gasteiger partial charge >= 0.3 is 0 Å². The molecule has 0 N–H and O–H groups in total. The summed E-state index contributed by atoms with van der Waals surface area (Å²) in [6.45, 7) is 18.3. The van der Waals surface area contributed by atoms with Crippen molar-refractivity contribution in [1.29, 1.82) is 0 Å². The molecule has 0 aliphatic heterocycles. The molecule has 0 aliphatic carbocycles. The van der Waals surface area contributed by atoms with E-state index in [9.17, 15) is 4.79 Å². The predicted octanol–water partition coefficient (Wildman–Crippen LogP) is 4.68. The molecule has 25 heavy (non-hydrogen) atoms. The zero-order valence-electron chi connectivity index (χ0n) is 17.0. The number of rotatable bonds is 10. The average Bonchev–Trinajstić information content (AvgIpc) is 2.54. The second-order valence-electron chi connectivity index (χ2n) is 7.41. The van der Waals surface area contributed by atoms with Gasteiger partial charge in [-0.25, -0.2) is 0 Å². The second-order valence-corrected chi connectivity index (χ2v) is 7.41. The number of carbonyl (C=O) groups excluding carboxylic acids is 1. The molecule has 0 aliphatic rings. The fourth-order valence-corrected chi connectivity index (χ4v) is 2.88. The third kappa shape index (κ3) is 6.89. The molecule has 0 atom stereocenters. The summed E-state index contributed by atoms with van der Waals surface area (Å²) in [5, 5.41) is 6.48. The fraction of sp³-hybridized carbons (Fsp3) is 0.619. The van der Waals surface area contributed by atoms with Crippen LogP contribution in [0.4, 0.5) is 5.69 Å². The van der Waals surface area contributed by atoms with Gasteiger partial charge in [-0.2, -0.15) is 5.10 Å². The van der Waals surface area contributed by atoms with Crippen LogP contribution in [0, 0.1) is 11.8 Å². The highest BCUT2D eigenvalue weighted by atomic mass is 16.1. The van der Waals surface area contributed by atoms with Crippen LogP contribution in [0.25, 0.3) is 0 Å². The Kier molecular flexibility index (Phi) is 8.67. The number of hydrazone groups is 1. The van der Waals surface area contributed by atoms with Gasteiger partial charge in [0.15, 0.2) is 5.78 Å². The van der Waals surface area contributed by atoms with Gasteiger partial charge in [0.05, 0.1) is 6.21 Å². The summed E-state index contributed by atoms with van der Waals surface area (Å²) in [6.07, 6.45) is 1.85. The van der Waals surface area contributed by atoms with E-state index >= 15 is 0 Å². The van der Waals surface area contributed by atoms with E-state index in [-0.39, 0.29) is 5.78 Å². The van der Waals surface area contributed by atoms with E-state index in [0.717, 1.165) is 43.0 Å². The summed E-state index contributed by atoms with van der Waals surface area (Å²) in [7, 11) is 0. The van der Waals surface area contributed by atoms with E-state index in [0.29, 0.717) is 11.8 Å². The zero-order chi connectivity index (χ0) is 19.0. The van der Waals surface area contributed by atoms with Crippen LogP contribution in [-0.2, 0) is 0 Å². The molecule has 0 amide bonds. The number of hydrogen-bond donors (Lipinski definition) is 0. The van der Waals surface area contributed by atoms with Crippen LogP contribution < -0.4 is 4.90 Å². The standard InChI is InChI=1S/C21H35N3O/c1-8-24(9-2)22-13-19-10-11-21(20(12-19)18(7)25)23(14-16(3)4)15-17(5)6/h10-13,16-17H,8-9,14-15H2,1-7H3/b22-13+. The highest BCUT2D eigenvalue weighted by molar-refractivity contribution is 6.01. The molecule has 0 saturated carbocycles. The van der Waals surface area contributed by atoms with Crippen molar-refractivity contribution in [1.82, 2.24) is 5.01 Å². The molecule has 0 aromatic heterocycles. The molecular weight excluding hydrogens is 310 g/mol. The lowest BCUT2D eigenvalue weighted by atomic mass is 10.0. The van der Waals surface area contributed by atoms with Gasteiger partial charge < -0.3 is 4.90 Å². The highest BCUT2D eigenvalue weighted by Gasteiger charge is 2.17. The normalized spacial score (nSPS) is 11.6. The summed E-state index contributed by atoms with van der Waals surface area (Å²) in [5.41, 5.74) is 2.79. The molecule has 0 saturated heterocycles. The van der Waals surface area contributed by atoms with Gasteiger partial charge in [-0.3, -0.25) is 9.80 Å². The largest absolute Gasteiger partial charge is 0.370 e. The van der Waals surface area contributed by atoms with Gasteiger partial charge in [0.1, 0.15) is 0 Å². The molecule has 1 rings (SSSR count). The maximum absolute atomic E-state index is 12.3. The summed E-state index contributed by atoms with van der Waals surface area (Å²) >= 11 is 0. The molecule has 4 heteroatoms. The molecule has 0 heterocycles. The molecule has 140 valence electrons. The van der Waals surface area contributed by atoms with Crippen LogP contribution in [0.1, 0.15) is 64.4 Å². The van der Waals surface area contributed by atoms with Crippen LogP contribution >= 0.6 is 0 Å². The van der Waals surface area contributed by atoms with Crippen molar-refractivity contribution in [2.45, 2.75) is 48.5 Å². The number of ketones is 1. The predicted molar refractivity (Wildman–Crippen MR) is 109 cm³/mol. The minimum atomic E-state index is 0.102. The Labute approximate surface area is 153 Å². The summed E-state index contributed by atoms with van der Waals surface area (Å²) in [6, 6.07) is 6.10. The molecule has 0 bridgehead atoms. The van der Waals surface area contributed by atoms with Gasteiger partial charge in [-0.1, -0.05) is 33.8 Å². The van der Waals surface area contributed by atoms with Gasteiger partial charge in [0.25, 0.3) is 0 Å². The van der Waals surface area contributed by atoms with E-state index in [2.05, 4.69) is 63.7 Å². The molecule has 1 aromatic carbocycles. The summed E-state index contributed by atoms with van der Waals surface area (Å²) in [4.78, 5) is 14.6. The SMILES string of the molecule is CCN(CC)/N=C/c1ccc(N(CC(C)C)CC(C)C)c(C(C)=O)c1. The van der Waals surface area contributed by atoms with E-state index in [4.69, 9.17) is 0 Å². The van der Waals surface area contributed by atoms with Crippen molar-refractivity contribution in [2.75, 3.05) is 31.1 Å². The Morgan fingerprint density at radius 2 is 1.64 bits per heavy atom. The first-order valence-electron chi connectivity index (χ1n) is 9.47. The minimum Gasteiger partial charge on any atom is -0.370 e. The van der Waals surface area contributed by atoms with Crippen LogP contribution in [-0.4, -0.2) is 43.2 Å². The molecule has 0 unspecified atom stereocenters. The Bertz CT molecular complexity index is 565. The van der Waals surface area contributed by atoms with E-state index in [1.807, 2.05) is 17.3 Å². The van der Waals surface area contributed by atoms with Crippen molar-refractivity contribution < 1.29 is 4.79 Å². The fourth-order valence-electron chi connectivity index (χ4n) is 2.88. The number of Topliss-reactive ketones (excluding diaryl/α,β-unsaturated/α-hetero) is 1. The van der Waals surface area contributed by atoms with Gasteiger partial charge in [-0.05, 0) is 50.3 Å². The Morgan fingerprint density at radius 1 is 1.08 bits per heavy atom. The molecule has 4 nitrogen and oxygen atoms in total. The topological polar surface area (TPSA) is 35.9 Å². The first-order chi connectivity index (χ1) is 11.8. The van der Waals surface area contributed by atoms with Crippen molar-refractivity contribution in [2.24, 2.45) is 16.9 Å². The summed E-state index contributed by atoms with van der Waals surface area (Å²) < 4.78 is 0. The summed E-state index contributed by atoms with van der Waals surface area (Å²) in [5.74, 6) is 1.19. The molecule has 1 aromatic rings. The number of hydrogen-bond acceptors (Lipinski definition) is 4. The lowest BCUT2D eigenvalue weighted by Crippen LogP contribution is -2.32. The van der Waals surface area contributed by atoms with Gasteiger partial charge in [-0.15, -0.1) is 0 Å². The second kappa shape index (κ2) is 10.2. The minimum absolute atomic E-state index is 0.102. The number of anilines is 1. The Hall–Kier alpha value is -1.84. The maximum Gasteiger partial charge on any atom is 0.161 e. The van der Waals surface area contributed by atoms with Gasteiger partial charge in [0.2, 0.25) is 0 Å². The molecule has 0 fully saturated rings. The Morgan fingerprint density at radius 3 is 2.08 bits per heavy atom. The lowest BCUT2D eigenvalue weighted by molar-refractivity contribution is 0.101. The zero-order valence-corrected chi connectivity index (χ0v) is 17.0. The first kappa shape index (κ1) is 21.2. The molecule has 0 spiro atoms. The lowest BCUT2D eigenvalue weighted by Gasteiger charge is -2.30. The number of nitrogens with zero attached hydrogens (tertiary/aromatic N) is 3. The average molecular weight is 346 g/mol. The highest BCUT2D eigenvalue weighted by Crippen LogP contribution is 2.24. The van der Waals surface area contributed by atoms with Crippen LogP contribution in [0.15, 0.2) is 23.3 Å². The monoisotopic (exact) mass is 345 g/mol. The number of benzene rings is 1. The van der Waals surface area contributed by atoms with Crippen molar-refractivity contribution in [3.8, 4) is 0 Å². The van der Waals surface area contributed by atoms with Crippen LogP contribution in [0.3, 0.4) is 0 Å². The Balaban J connectivity index is 3.20. The van der Waals surface area contributed by atoms with Crippen LogP contribution in [0.2, 0.25) is 0 Å². The third-order valence-electron chi connectivity index (χ3n) is 4.01. The van der Waals surface area contributed by atoms with Crippen molar-refractivity contribution in [3.63, 3.8) is 0 Å². The smallest absolute Gasteiger partial charge is 0.161 e.